The third-order valence-electron chi connectivity index (χ3n) is 4.26. The van der Waals surface area contributed by atoms with Crippen LogP contribution in [0.15, 0.2) is 46.0 Å². The van der Waals surface area contributed by atoms with Crippen LogP contribution in [-0.4, -0.2) is 44.3 Å². The summed E-state index contributed by atoms with van der Waals surface area (Å²) in [6, 6.07) is 9.36. The van der Waals surface area contributed by atoms with Crippen molar-refractivity contribution in [1.82, 2.24) is 9.62 Å². The summed E-state index contributed by atoms with van der Waals surface area (Å²) in [4.78, 5) is 25.5. The zero-order valence-corrected chi connectivity index (χ0v) is 15.6. The summed E-state index contributed by atoms with van der Waals surface area (Å²) >= 11 is 1.17. The van der Waals surface area contributed by atoms with Gasteiger partial charge in [-0.2, -0.15) is 0 Å². The molecule has 138 valence electrons. The van der Waals surface area contributed by atoms with E-state index in [1.54, 1.807) is 40.6 Å². The van der Waals surface area contributed by atoms with E-state index >= 15 is 0 Å². The number of primary amides is 1. The molecule has 0 spiro atoms. The first-order valence-electron chi connectivity index (χ1n) is 8.12. The number of hydrogen-bond acceptors (Lipinski definition) is 5. The highest BCUT2D eigenvalue weighted by Gasteiger charge is 2.27. The first-order valence-corrected chi connectivity index (χ1v) is 10.5. The van der Waals surface area contributed by atoms with Gasteiger partial charge in [-0.3, -0.25) is 9.59 Å². The lowest BCUT2D eigenvalue weighted by Gasteiger charge is -2.32. The van der Waals surface area contributed by atoms with Crippen LogP contribution in [0.4, 0.5) is 0 Å². The van der Waals surface area contributed by atoms with Crippen molar-refractivity contribution in [1.29, 1.82) is 0 Å². The van der Waals surface area contributed by atoms with E-state index in [2.05, 4.69) is 4.72 Å². The van der Waals surface area contributed by atoms with Gasteiger partial charge in [-0.1, -0.05) is 12.1 Å². The zero-order valence-electron chi connectivity index (χ0n) is 13.9. The number of thiophene rings is 1. The Hall–Kier alpha value is -2.23. The second-order valence-corrected chi connectivity index (χ2v) is 8.95. The number of benzene rings is 1. The van der Waals surface area contributed by atoms with E-state index in [1.165, 1.54) is 17.4 Å². The lowest BCUT2D eigenvalue weighted by molar-refractivity contribution is 0.0711. The molecule has 1 aromatic heterocycles. The SMILES string of the molecule is NC(=O)c1cccc(C(=O)N2CCC(NS(=O)(=O)c3cccs3)CC2)c1. The van der Waals surface area contributed by atoms with Crippen LogP contribution in [0, 0.1) is 0 Å². The number of carbonyl (C=O) groups is 2. The Morgan fingerprint density at radius 2 is 1.81 bits per heavy atom. The fraction of sp³-hybridized carbons (Fsp3) is 0.294. The maximum absolute atomic E-state index is 12.6. The predicted octanol–water partition coefficient (Wildman–Crippen LogP) is 1.43. The van der Waals surface area contributed by atoms with Crippen LogP contribution in [0.2, 0.25) is 0 Å². The summed E-state index contributed by atoms with van der Waals surface area (Å²) in [5.41, 5.74) is 5.94. The average molecular weight is 393 g/mol. The highest BCUT2D eigenvalue weighted by Crippen LogP contribution is 2.20. The number of rotatable bonds is 5. The quantitative estimate of drug-likeness (QED) is 0.801. The van der Waals surface area contributed by atoms with E-state index in [0.717, 1.165) is 0 Å². The average Bonchev–Trinajstić information content (AvgIpc) is 3.17. The monoisotopic (exact) mass is 393 g/mol. The molecule has 0 atom stereocenters. The van der Waals surface area contributed by atoms with E-state index in [9.17, 15) is 18.0 Å². The van der Waals surface area contributed by atoms with Crippen molar-refractivity contribution in [2.24, 2.45) is 5.73 Å². The molecule has 0 unspecified atom stereocenters. The molecule has 1 aliphatic rings. The van der Waals surface area contributed by atoms with Crippen molar-refractivity contribution < 1.29 is 18.0 Å². The normalized spacial score (nSPS) is 15.8. The van der Waals surface area contributed by atoms with E-state index in [-0.39, 0.29) is 17.5 Å². The second kappa shape index (κ2) is 7.56. The molecule has 0 saturated carbocycles. The van der Waals surface area contributed by atoms with E-state index < -0.39 is 15.9 Å². The highest BCUT2D eigenvalue weighted by molar-refractivity contribution is 7.91. The Balaban J connectivity index is 1.61. The second-order valence-electron chi connectivity index (χ2n) is 6.06. The maximum Gasteiger partial charge on any atom is 0.253 e. The van der Waals surface area contributed by atoms with Gasteiger partial charge in [0.1, 0.15) is 4.21 Å². The predicted molar refractivity (Wildman–Crippen MR) is 98.5 cm³/mol. The fourth-order valence-electron chi connectivity index (χ4n) is 2.88. The summed E-state index contributed by atoms with van der Waals surface area (Å²) in [6.07, 6.45) is 1.07. The molecule has 7 nitrogen and oxygen atoms in total. The molecule has 2 amide bonds. The van der Waals surface area contributed by atoms with Crippen LogP contribution < -0.4 is 10.5 Å². The van der Waals surface area contributed by atoms with Crippen LogP contribution in [0.5, 0.6) is 0 Å². The number of carbonyl (C=O) groups excluding carboxylic acids is 2. The van der Waals surface area contributed by atoms with Crippen LogP contribution in [0.1, 0.15) is 33.6 Å². The summed E-state index contributed by atoms with van der Waals surface area (Å²) in [5, 5.41) is 1.72. The molecule has 2 heterocycles. The summed E-state index contributed by atoms with van der Waals surface area (Å²) in [7, 11) is -3.51. The van der Waals surface area contributed by atoms with Gasteiger partial charge in [0.25, 0.3) is 5.91 Å². The smallest absolute Gasteiger partial charge is 0.253 e. The number of piperidine rings is 1. The largest absolute Gasteiger partial charge is 0.366 e. The number of nitrogens with zero attached hydrogens (tertiary/aromatic N) is 1. The Labute approximate surface area is 155 Å². The van der Waals surface area contributed by atoms with Crippen molar-refractivity contribution in [3.05, 3.63) is 52.9 Å². The Morgan fingerprint density at radius 1 is 1.12 bits per heavy atom. The van der Waals surface area contributed by atoms with Crippen LogP contribution >= 0.6 is 11.3 Å². The molecule has 1 aliphatic heterocycles. The Morgan fingerprint density at radius 3 is 2.42 bits per heavy atom. The number of likely N-dealkylation sites (tertiary alicyclic amines) is 1. The molecule has 9 heteroatoms. The van der Waals surface area contributed by atoms with Gasteiger partial charge >= 0.3 is 0 Å². The molecule has 0 aliphatic carbocycles. The van der Waals surface area contributed by atoms with Gasteiger partial charge < -0.3 is 10.6 Å². The van der Waals surface area contributed by atoms with Crippen LogP contribution in [-0.2, 0) is 10.0 Å². The summed E-state index contributed by atoms with van der Waals surface area (Å²) in [6.45, 7) is 0.883. The van der Waals surface area contributed by atoms with E-state index in [0.29, 0.717) is 35.7 Å². The maximum atomic E-state index is 12.6. The van der Waals surface area contributed by atoms with Gasteiger partial charge in [-0.05, 0) is 42.5 Å². The van der Waals surface area contributed by atoms with Gasteiger partial charge in [0.05, 0.1) is 0 Å². The van der Waals surface area contributed by atoms with Gasteiger partial charge in [0.15, 0.2) is 0 Å². The van der Waals surface area contributed by atoms with Crippen molar-refractivity contribution in [3.63, 3.8) is 0 Å². The van der Waals surface area contributed by atoms with Gasteiger partial charge in [0, 0.05) is 30.3 Å². The van der Waals surface area contributed by atoms with Crippen molar-refractivity contribution >= 4 is 33.2 Å². The topological polar surface area (TPSA) is 110 Å². The number of nitrogens with two attached hydrogens (primary N) is 1. The third-order valence-corrected chi connectivity index (χ3v) is 7.18. The molecule has 3 N–H and O–H groups in total. The molecular formula is C17H19N3O4S2. The molecule has 2 aromatic rings. The number of amides is 2. The first kappa shape index (κ1) is 18.6. The van der Waals surface area contributed by atoms with Crippen molar-refractivity contribution in [3.8, 4) is 0 Å². The van der Waals surface area contributed by atoms with Gasteiger partial charge in [-0.15, -0.1) is 11.3 Å². The lowest BCUT2D eigenvalue weighted by atomic mass is 10.0. The standard InChI is InChI=1S/C17H19N3O4S2/c18-16(21)12-3-1-4-13(11-12)17(22)20-8-6-14(7-9-20)19-26(23,24)15-5-2-10-25-15/h1-5,10-11,14,19H,6-9H2,(H2,18,21). The van der Waals surface area contributed by atoms with Crippen molar-refractivity contribution in [2.45, 2.75) is 23.1 Å². The summed E-state index contributed by atoms with van der Waals surface area (Å²) in [5.74, 6) is -0.769. The molecular weight excluding hydrogens is 374 g/mol. The fourth-order valence-corrected chi connectivity index (χ4v) is 5.20. The molecule has 1 fully saturated rings. The van der Waals surface area contributed by atoms with E-state index in [4.69, 9.17) is 5.73 Å². The van der Waals surface area contributed by atoms with Crippen LogP contribution in [0.3, 0.4) is 0 Å². The Kier molecular flexibility index (Phi) is 5.40. The highest BCUT2D eigenvalue weighted by atomic mass is 32.2. The minimum Gasteiger partial charge on any atom is -0.366 e. The molecule has 26 heavy (non-hydrogen) atoms. The van der Waals surface area contributed by atoms with E-state index in [1.807, 2.05) is 0 Å². The lowest BCUT2D eigenvalue weighted by Crippen LogP contribution is -2.46. The molecule has 0 radical (unpaired) electrons. The third kappa shape index (κ3) is 4.12. The number of hydrogen-bond donors (Lipinski definition) is 2. The minimum atomic E-state index is -3.51. The molecule has 0 bridgehead atoms. The molecule has 3 rings (SSSR count). The summed E-state index contributed by atoms with van der Waals surface area (Å²) < 4.78 is 27.5. The zero-order chi connectivity index (χ0) is 18.7. The van der Waals surface area contributed by atoms with Gasteiger partial charge in [0.2, 0.25) is 15.9 Å². The number of sulfonamides is 1. The van der Waals surface area contributed by atoms with Crippen LogP contribution in [0.25, 0.3) is 0 Å². The molecule has 1 saturated heterocycles. The molecule has 1 aromatic carbocycles. The van der Waals surface area contributed by atoms with Gasteiger partial charge in [-0.25, -0.2) is 13.1 Å². The number of nitrogens with one attached hydrogen (secondary N) is 1. The first-order chi connectivity index (χ1) is 12.4. The van der Waals surface area contributed by atoms with Crippen molar-refractivity contribution in [2.75, 3.05) is 13.1 Å². The minimum absolute atomic E-state index is 0.187. The Bertz CT molecular complexity index is 902.